The second-order valence-corrected chi connectivity index (χ2v) is 4.83. The number of hydrogen-bond acceptors (Lipinski definition) is 3. The molecule has 0 spiro atoms. The molecule has 1 aliphatic rings. The average Bonchev–Trinajstić information content (AvgIpc) is 2.95. The van der Waals surface area contributed by atoms with Crippen LogP contribution in [0.2, 0.25) is 0 Å². The van der Waals surface area contributed by atoms with E-state index in [1.54, 1.807) is 0 Å². The first-order chi connectivity index (χ1) is 8.72. The number of H-pyrrole nitrogens is 2. The van der Waals surface area contributed by atoms with Crippen molar-refractivity contribution in [2.24, 2.45) is 0 Å². The summed E-state index contributed by atoms with van der Waals surface area (Å²) in [7, 11) is 0. The van der Waals surface area contributed by atoms with Crippen LogP contribution in [0.15, 0.2) is 23.0 Å². The summed E-state index contributed by atoms with van der Waals surface area (Å²) in [6.07, 6.45) is 1.06. The lowest BCUT2D eigenvalue weighted by molar-refractivity contribution is 0.188. The second kappa shape index (κ2) is 4.59. The first-order valence-electron chi connectivity index (χ1n) is 6.28. The lowest BCUT2D eigenvalue weighted by atomic mass is 10.1. The highest BCUT2D eigenvalue weighted by Crippen LogP contribution is 2.18. The lowest BCUT2D eigenvalue weighted by Gasteiger charge is -2.18. The molecule has 18 heavy (non-hydrogen) atoms. The van der Waals surface area contributed by atoms with E-state index in [1.165, 1.54) is 5.56 Å². The van der Waals surface area contributed by atoms with E-state index in [0.717, 1.165) is 30.7 Å². The Morgan fingerprint density at radius 2 is 2.22 bits per heavy atom. The van der Waals surface area contributed by atoms with Crippen LogP contribution in [-0.4, -0.2) is 29.2 Å². The van der Waals surface area contributed by atoms with Crippen LogP contribution in [-0.2, 0) is 4.74 Å². The van der Waals surface area contributed by atoms with Crippen LogP contribution in [0.25, 0.3) is 11.0 Å². The number of aromatic amines is 2. The van der Waals surface area contributed by atoms with Gasteiger partial charge in [-0.25, -0.2) is 4.79 Å². The smallest absolute Gasteiger partial charge is 0.323 e. The minimum atomic E-state index is -0.160. The normalized spacial score (nSPS) is 21.5. The van der Waals surface area contributed by atoms with Crippen LogP contribution < -0.4 is 11.0 Å². The maximum atomic E-state index is 11.2. The molecule has 0 bridgehead atoms. The Labute approximate surface area is 105 Å². The van der Waals surface area contributed by atoms with Gasteiger partial charge in [-0.15, -0.1) is 0 Å². The highest BCUT2D eigenvalue weighted by atomic mass is 16.5. The third kappa shape index (κ3) is 2.19. The van der Waals surface area contributed by atoms with E-state index in [4.69, 9.17) is 4.74 Å². The highest BCUT2D eigenvalue weighted by Gasteiger charge is 2.18. The van der Waals surface area contributed by atoms with Gasteiger partial charge in [0.05, 0.1) is 17.6 Å². The van der Waals surface area contributed by atoms with Gasteiger partial charge in [0.15, 0.2) is 0 Å². The lowest BCUT2D eigenvalue weighted by Crippen LogP contribution is -2.31. The number of aromatic nitrogens is 2. The van der Waals surface area contributed by atoms with Crippen molar-refractivity contribution >= 4 is 11.0 Å². The first-order valence-corrected chi connectivity index (χ1v) is 6.28. The quantitative estimate of drug-likeness (QED) is 0.765. The highest BCUT2D eigenvalue weighted by molar-refractivity contribution is 5.75. The van der Waals surface area contributed by atoms with Gasteiger partial charge in [-0.05, 0) is 31.0 Å². The third-order valence-electron chi connectivity index (χ3n) is 3.46. The number of fused-ring (bicyclic) bond motifs is 1. The molecule has 96 valence electrons. The maximum Gasteiger partial charge on any atom is 0.323 e. The maximum absolute atomic E-state index is 11.2. The molecule has 0 amide bonds. The average molecular weight is 247 g/mol. The molecule has 1 saturated heterocycles. The molecule has 0 saturated carbocycles. The number of benzene rings is 1. The molecule has 1 aliphatic heterocycles. The zero-order chi connectivity index (χ0) is 12.5. The Morgan fingerprint density at radius 3 is 3.00 bits per heavy atom. The number of imidazole rings is 1. The fraction of sp³-hybridized carbons (Fsp3) is 0.462. The van der Waals surface area contributed by atoms with Crippen LogP contribution in [0.1, 0.15) is 24.9 Å². The summed E-state index contributed by atoms with van der Waals surface area (Å²) >= 11 is 0. The van der Waals surface area contributed by atoms with Crippen LogP contribution in [0, 0.1) is 0 Å². The zero-order valence-electron chi connectivity index (χ0n) is 10.3. The van der Waals surface area contributed by atoms with Crippen molar-refractivity contribution in [2.75, 3.05) is 13.2 Å². The van der Waals surface area contributed by atoms with Crippen LogP contribution >= 0.6 is 0 Å². The van der Waals surface area contributed by atoms with Crippen LogP contribution in [0.4, 0.5) is 0 Å². The fourth-order valence-electron chi connectivity index (χ4n) is 2.44. The Morgan fingerprint density at radius 1 is 1.39 bits per heavy atom. The summed E-state index contributed by atoms with van der Waals surface area (Å²) in [6.45, 7) is 3.76. The number of hydrogen-bond donors (Lipinski definition) is 3. The summed E-state index contributed by atoms with van der Waals surface area (Å²) in [4.78, 5) is 16.7. The molecule has 2 aromatic rings. The van der Waals surface area contributed by atoms with Gasteiger partial charge in [-0.2, -0.15) is 0 Å². The molecular formula is C13H17N3O2. The Bertz CT molecular complexity index is 596. The molecule has 5 nitrogen and oxygen atoms in total. The molecule has 0 radical (unpaired) electrons. The van der Waals surface area contributed by atoms with E-state index in [9.17, 15) is 4.79 Å². The molecule has 2 heterocycles. The SMILES string of the molecule is CC(NC1CCOC1)c1ccc2[nH]c(=O)[nH]c2c1. The largest absolute Gasteiger partial charge is 0.380 e. The summed E-state index contributed by atoms with van der Waals surface area (Å²) in [6, 6.07) is 6.67. The molecule has 3 rings (SSSR count). The number of nitrogens with one attached hydrogen (secondary N) is 3. The van der Waals surface area contributed by atoms with Crippen molar-refractivity contribution in [3.63, 3.8) is 0 Å². The van der Waals surface area contributed by atoms with E-state index >= 15 is 0 Å². The van der Waals surface area contributed by atoms with Crippen molar-refractivity contribution in [1.29, 1.82) is 0 Å². The van der Waals surface area contributed by atoms with Gasteiger partial charge in [0, 0.05) is 18.7 Å². The second-order valence-electron chi connectivity index (χ2n) is 4.83. The van der Waals surface area contributed by atoms with Gasteiger partial charge in [0.1, 0.15) is 0 Å². The monoisotopic (exact) mass is 247 g/mol. The molecule has 1 aromatic heterocycles. The molecule has 3 N–H and O–H groups in total. The van der Waals surface area contributed by atoms with Gasteiger partial charge in [-0.1, -0.05) is 6.07 Å². The van der Waals surface area contributed by atoms with Gasteiger partial charge in [0.2, 0.25) is 0 Å². The molecule has 1 fully saturated rings. The van der Waals surface area contributed by atoms with Crippen molar-refractivity contribution in [2.45, 2.75) is 25.4 Å². The van der Waals surface area contributed by atoms with E-state index < -0.39 is 0 Å². The zero-order valence-corrected chi connectivity index (χ0v) is 10.3. The fourth-order valence-corrected chi connectivity index (χ4v) is 2.44. The van der Waals surface area contributed by atoms with Crippen molar-refractivity contribution in [3.05, 3.63) is 34.2 Å². The minimum absolute atomic E-state index is 0.160. The molecule has 2 atom stereocenters. The summed E-state index contributed by atoms with van der Waals surface area (Å²) in [5, 5.41) is 3.54. The summed E-state index contributed by atoms with van der Waals surface area (Å²) < 4.78 is 5.35. The van der Waals surface area contributed by atoms with Crippen LogP contribution in [0.3, 0.4) is 0 Å². The van der Waals surface area contributed by atoms with E-state index in [-0.39, 0.29) is 11.7 Å². The van der Waals surface area contributed by atoms with Crippen molar-refractivity contribution < 1.29 is 4.74 Å². The van der Waals surface area contributed by atoms with E-state index in [1.807, 2.05) is 18.2 Å². The Balaban J connectivity index is 1.81. The summed E-state index contributed by atoms with van der Waals surface area (Å²) in [5.74, 6) is 0. The Hall–Kier alpha value is -1.59. The topological polar surface area (TPSA) is 69.9 Å². The first kappa shape index (κ1) is 11.5. The van der Waals surface area contributed by atoms with Gasteiger partial charge < -0.3 is 20.0 Å². The van der Waals surface area contributed by atoms with Crippen LogP contribution in [0.5, 0.6) is 0 Å². The predicted octanol–water partition coefficient (Wildman–Crippen LogP) is 1.30. The predicted molar refractivity (Wildman–Crippen MR) is 69.7 cm³/mol. The molecule has 2 unspecified atom stereocenters. The number of rotatable bonds is 3. The van der Waals surface area contributed by atoms with Gasteiger partial charge in [0.25, 0.3) is 0 Å². The number of ether oxygens (including phenoxy) is 1. The van der Waals surface area contributed by atoms with Crippen molar-refractivity contribution in [1.82, 2.24) is 15.3 Å². The standard InChI is InChI=1S/C13H17N3O2/c1-8(14-10-4-5-18-7-10)9-2-3-11-12(6-9)16-13(17)15-11/h2-3,6,8,10,14H,4-5,7H2,1H3,(H2,15,16,17). The Kier molecular flexibility index (Phi) is 2.93. The minimum Gasteiger partial charge on any atom is -0.380 e. The molecular weight excluding hydrogens is 230 g/mol. The molecule has 1 aromatic carbocycles. The van der Waals surface area contributed by atoms with Gasteiger partial charge in [-0.3, -0.25) is 0 Å². The summed E-state index contributed by atoms with van der Waals surface area (Å²) in [5.41, 5.74) is 2.71. The van der Waals surface area contributed by atoms with Gasteiger partial charge >= 0.3 is 5.69 Å². The van der Waals surface area contributed by atoms with Crippen molar-refractivity contribution in [3.8, 4) is 0 Å². The molecule has 0 aliphatic carbocycles. The van der Waals surface area contributed by atoms with E-state index in [0.29, 0.717) is 6.04 Å². The molecule has 5 heteroatoms. The third-order valence-corrected chi connectivity index (χ3v) is 3.46. The van der Waals surface area contributed by atoms with E-state index in [2.05, 4.69) is 22.2 Å².